The van der Waals surface area contributed by atoms with Gasteiger partial charge in [0.05, 0.1) is 0 Å². The average Bonchev–Trinajstić information content (AvgIpc) is 3.54. The average molecular weight is 559 g/mol. The summed E-state index contributed by atoms with van der Waals surface area (Å²) in [5, 5.41) is 0. The normalized spacial score (nSPS) is 25.6. The molecule has 1 aliphatic carbocycles. The van der Waals surface area contributed by atoms with Gasteiger partial charge >= 0.3 is 6.03 Å². The van der Waals surface area contributed by atoms with E-state index in [4.69, 9.17) is 0 Å². The molecule has 4 fully saturated rings. The Balaban J connectivity index is 0.00000353. The summed E-state index contributed by atoms with van der Waals surface area (Å²) >= 11 is 0. The summed E-state index contributed by atoms with van der Waals surface area (Å²) in [4.78, 5) is 48.2. The molecule has 1 aromatic carbocycles. The smallest absolute Gasteiger partial charge is 0.327 e. The fraction of sp³-hybridized carbons (Fsp3) is 0.710. The molecule has 0 N–H and O–H groups in total. The van der Waals surface area contributed by atoms with Crippen LogP contribution in [-0.4, -0.2) is 88.3 Å². The van der Waals surface area contributed by atoms with Crippen molar-refractivity contribution < 1.29 is 14.4 Å². The molecule has 3 aliphatic heterocycles. The number of hydrogen-bond donors (Lipinski definition) is 0. The van der Waals surface area contributed by atoms with Crippen molar-refractivity contribution in [2.24, 2.45) is 17.3 Å². The van der Waals surface area contributed by atoms with Gasteiger partial charge in [-0.25, -0.2) is 4.79 Å². The van der Waals surface area contributed by atoms with E-state index in [2.05, 4.69) is 54.8 Å². The summed E-state index contributed by atoms with van der Waals surface area (Å²) in [6, 6.07) is 10.5. The predicted octanol–water partition coefficient (Wildman–Crippen LogP) is 5.00. The van der Waals surface area contributed by atoms with E-state index in [1.165, 1.54) is 5.56 Å². The van der Waals surface area contributed by atoms with Gasteiger partial charge in [0.1, 0.15) is 5.54 Å². The molecule has 3 heterocycles. The fourth-order valence-electron chi connectivity index (χ4n) is 6.98. The molecule has 1 aromatic rings. The Morgan fingerprint density at radius 3 is 2.21 bits per heavy atom. The molecular formula is C31H47ClN4O3. The van der Waals surface area contributed by atoms with Gasteiger partial charge in [0, 0.05) is 57.6 Å². The first-order valence-corrected chi connectivity index (χ1v) is 14.7. The molecule has 7 nitrogen and oxygen atoms in total. The van der Waals surface area contributed by atoms with Crippen molar-refractivity contribution in [3.63, 3.8) is 0 Å². The zero-order valence-electron chi connectivity index (χ0n) is 24.4. The summed E-state index contributed by atoms with van der Waals surface area (Å²) in [6.07, 6.45) is 4.18. The van der Waals surface area contributed by atoms with E-state index in [9.17, 15) is 14.4 Å². The van der Waals surface area contributed by atoms with Crippen LogP contribution in [0.25, 0.3) is 0 Å². The molecule has 3 saturated heterocycles. The molecule has 1 saturated carbocycles. The molecule has 5 rings (SSSR count). The number of urea groups is 1. The minimum atomic E-state index is -0.695. The van der Waals surface area contributed by atoms with Gasteiger partial charge < -0.3 is 14.7 Å². The van der Waals surface area contributed by atoms with Crippen LogP contribution in [0.3, 0.4) is 0 Å². The SMILES string of the molecule is CC(C)N1C(=O)N(CC2CC2)C(=O)C12CCN(C[C@H]1CN(C(=O)CC(C)(C)C)C[C@@H]1c1ccccc1)CC2.Cl. The third-order valence-corrected chi connectivity index (χ3v) is 9.07. The molecule has 0 aromatic heterocycles. The van der Waals surface area contributed by atoms with Crippen molar-refractivity contribution in [3.8, 4) is 0 Å². The first-order valence-electron chi connectivity index (χ1n) is 14.7. The maximum absolute atomic E-state index is 13.7. The van der Waals surface area contributed by atoms with Gasteiger partial charge in [-0.3, -0.25) is 14.5 Å². The number of halogens is 1. The Bertz CT molecular complexity index is 1040. The molecule has 216 valence electrons. The number of benzene rings is 1. The second-order valence-corrected chi connectivity index (χ2v) is 13.8. The highest BCUT2D eigenvalue weighted by molar-refractivity contribution is 6.07. The van der Waals surface area contributed by atoms with Crippen LogP contribution in [-0.2, 0) is 9.59 Å². The minimum absolute atomic E-state index is 0. The van der Waals surface area contributed by atoms with Crippen molar-refractivity contribution in [1.29, 1.82) is 0 Å². The molecule has 4 aliphatic rings. The van der Waals surface area contributed by atoms with E-state index < -0.39 is 5.54 Å². The van der Waals surface area contributed by atoms with Crippen LogP contribution in [0.4, 0.5) is 4.79 Å². The number of carbonyl (C=O) groups is 3. The molecule has 4 amide bonds. The van der Waals surface area contributed by atoms with Crippen molar-refractivity contribution in [3.05, 3.63) is 35.9 Å². The van der Waals surface area contributed by atoms with E-state index in [1.54, 1.807) is 4.90 Å². The standard InChI is InChI=1S/C31H46N4O3.ClH/c1-22(2)35-29(38)34(18-23-11-12-23)28(37)31(35)13-15-32(16-14-31)19-25-20-33(27(36)17-30(3,4)5)21-26(25)24-9-7-6-8-10-24;/h6-10,22-23,25-26H,11-21H2,1-5H3;1H/t25-,26+;/m0./s1. The van der Waals surface area contributed by atoms with Gasteiger partial charge in [0.15, 0.2) is 0 Å². The van der Waals surface area contributed by atoms with Gasteiger partial charge in [-0.1, -0.05) is 51.1 Å². The van der Waals surface area contributed by atoms with Crippen LogP contribution in [0.5, 0.6) is 0 Å². The molecule has 0 bridgehead atoms. The van der Waals surface area contributed by atoms with Gasteiger partial charge in [-0.2, -0.15) is 0 Å². The molecule has 39 heavy (non-hydrogen) atoms. The third-order valence-electron chi connectivity index (χ3n) is 9.07. The highest BCUT2D eigenvalue weighted by atomic mass is 35.5. The summed E-state index contributed by atoms with van der Waals surface area (Å²) in [6.45, 7) is 15.1. The lowest BCUT2D eigenvalue weighted by Crippen LogP contribution is -2.58. The maximum atomic E-state index is 13.7. The van der Waals surface area contributed by atoms with Crippen LogP contribution >= 0.6 is 12.4 Å². The number of piperidine rings is 1. The number of hydrogen-bond acceptors (Lipinski definition) is 4. The summed E-state index contributed by atoms with van der Waals surface area (Å²) in [5.41, 5.74) is 0.578. The maximum Gasteiger partial charge on any atom is 0.327 e. The first kappa shape index (κ1) is 29.9. The Morgan fingerprint density at radius 1 is 1.00 bits per heavy atom. The largest absolute Gasteiger partial charge is 0.342 e. The number of carbonyl (C=O) groups excluding carboxylic acids is 3. The molecule has 0 unspecified atom stereocenters. The quantitative estimate of drug-likeness (QED) is 0.442. The van der Waals surface area contributed by atoms with Crippen LogP contribution < -0.4 is 0 Å². The third kappa shape index (κ3) is 6.14. The molecular weight excluding hydrogens is 512 g/mol. The van der Waals surface area contributed by atoms with Crippen molar-refractivity contribution >= 4 is 30.3 Å². The number of nitrogens with zero attached hydrogens (tertiary/aromatic N) is 4. The van der Waals surface area contributed by atoms with Crippen LogP contribution in [0.1, 0.15) is 78.2 Å². The van der Waals surface area contributed by atoms with E-state index in [1.807, 2.05) is 24.8 Å². The zero-order valence-corrected chi connectivity index (χ0v) is 25.2. The zero-order chi connectivity index (χ0) is 27.2. The van der Waals surface area contributed by atoms with Crippen molar-refractivity contribution in [2.45, 2.75) is 84.2 Å². The topological polar surface area (TPSA) is 64.2 Å². The Kier molecular flexibility index (Phi) is 8.73. The van der Waals surface area contributed by atoms with Crippen molar-refractivity contribution in [1.82, 2.24) is 19.6 Å². The van der Waals surface area contributed by atoms with Gasteiger partial charge in [-0.15, -0.1) is 12.4 Å². The first-order chi connectivity index (χ1) is 18.0. The van der Waals surface area contributed by atoms with Crippen LogP contribution in [0.2, 0.25) is 0 Å². The molecule has 2 atom stereocenters. The molecule has 8 heteroatoms. The Morgan fingerprint density at radius 2 is 1.64 bits per heavy atom. The van der Waals surface area contributed by atoms with E-state index in [0.29, 0.717) is 43.6 Å². The predicted molar refractivity (Wildman–Crippen MR) is 156 cm³/mol. The van der Waals surface area contributed by atoms with Crippen molar-refractivity contribution in [2.75, 3.05) is 39.3 Å². The van der Waals surface area contributed by atoms with Crippen LogP contribution in [0, 0.1) is 17.3 Å². The summed E-state index contributed by atoms with van der Waals surface area (Å²) < 4.78 is 0. The Labute approximate surface area is 240 Å². The fourth-order valence-corrected chi connectivity index (χ4v) is 6.98. The van der Waals surface area contributed by atoms with Gasteiger partial charge in [-0.05, 0) is 62.3 Å². The highest BCUT2D eigenvalue weighted by Gasteiger charge is 2.59. The number of rotatable bonds is 7. The molecule has 0 radical (unpaired) electrons. The van der Waals surface area contributed by atoms with E-state index >= 15 is 0 Å². The van der Waals surface area contributed by atoms with Crippen LogP contribution in [0.15, 0.2) is 30.3 Å². The second-order valence-electron chi connectivity index (χ2n) is 13.8. The monoisotopic (exact) mass is 558 g/mol. The number of likely N-dealkylation sites (tertiary alicyclic amines) is 2. The Hall–Kier alpha value is -2.12. The van der Waals surface area contributed by atoms with Gasteiger partial charge in [0.25, 0.3) is 5.91 Å². The summed E-state index contributed by atoms with van der Waals surface area (Å²) in [5.74, 6) is 1.44. The summed E-state index contributed by atoms with van der Waals surface area (Å²) in [7, 11) is 0. The second kappa shape index (κ2) is 11.4. The minimum Gasteiger partial charge on any atom is -0.342 e. The van der Waals surface area contributed by atoms with E-state index in [-0.39, 0.29) is 41.7 Å². The number of amides is 4. The lowest BCUT2D eigenvalue weighted by molar-refractivity contribution is -0.136. The van der Waals surface area contributed by atoms with Gasteiger partial charge in [0.2, 0.25) is 5.91 Å². The van der Waals surface area contributed by atoms with E-state index in [0.717, 1.165) is 45.6 Å². The lowest BCUT2D eigenvalue weighted by Gasteiger charge is -2.44. The lowest BCUT2D eigenvalue weighted by atomic mass is 9.83. The highest BCUT2D eigenvalue weighted by Crippen LogP contribution is 2.42. The molecule has 1 spiro atoms. The number of imide groups is 1.